The zero-order valence-corrected chi connectivity index (χ0v) is 21.1. The lowest BCUT2D eigenvalue weighted by atomic mass is 9.93. The van der Waals surface area contributed by atoms with Crippen LogP contribution >= 0.6 is 24.0 Å². The van der Waals surface area contributed by atoms with Gasteiger partial charge in [0.05, 0.1) is 18.9 Å². The third-order valence-electron chi connectivity index (χ3n) is 5.60. The lowest BCUT2D eigenvalue weighted by Gasteiger charge is -2.39. The molecule has 2 unspecified atom stereocenters. The molecule has 8 heteroatoms. The molecule has 1 aliphatic rings. The zero-order chi connectivity index (χ0) is 21.3. The van der Waals surface area contributed by atoms with Crippen molar-refractivity contribution < 1.29 is 4.79 Å². The minimum atomic E-state index is -0.0252. The Morgan fingerprint density at radius 2 is 2.13 bits per heavy atom. The Labute approximate surface area is 202 Å². The summed E-state index contributed by atoms with van der Waals surface area (Å²) in [6.07, 6.45) is 7.83. The number of likely N-dealkylation sites (tertiary alicyclic amines) is 1. The van der Waals surface area contributed by atoms with E-state index in [2.05, 4.69) is 38.9 Å². The summed E-state index contributed by atoms with van der Waals surface area (Å²) >= 11 is 0. The molecule has 0 radical (unpaired) electrons. The van der Waals surface area contributed by atoms with Crippen molar-refractivity contribution in [1.29, 1.82) is 0 Å². The van der Waals surface area contributed by atoms with Gasteiger partial charge in [0.25, 0.3) is 5.91 Å². The van der Waals surface area contributed by atoms with Crippen molar-refractivity contribution >= 4 is 35.8 Å². The van der Waals surface area contributed by atoms with Gasteiger partial charge in [-0.1, -0.05) is 26.0 Å². The van der Waals surface area contributed by atoms with Crippen LogP contribution in [0, 0.1) is 5.92 Å². The monoisotopic (exact) mass is 538 g/mol. The predicted molar refractivity (Wildman–Crippen MR) is 136 cm³/mol. The molecular weight excluding hydrogens is 503 g/mol. The summed E-state index contributed by atoms with van der Waals surface area (Å²) in [7, 11) is 0. The number of nitrogens with one attached hydrogen (secondary N) is 2. The normalized spacial score (nSPS) is 18.9. The summed E-state index contributed by atoms with van der Waals surface area (Å²) in [4.78, 5) is 23.7. The first-order chi connectivity index (χ1) is 14.6. The number of hydrogen-bond acceptors (Lipinski definition) is 3. The van der Waals surface area contributed by atoms with Crippen molar-refractivity contribution in [3.8, 4) is 0 Å². The molecule has 1 saturated heterocycles. The van der Waals surface area contributed by atoms with Crippen LogP contribution in [0.5, 0.6) is 0 Å². The van der Waals surface area contributed by atoms with E-state index in [-0.39, 0.29) is 29.9 Å². The molecule has 1 amide bonds. The number of aromatic nitrogens is 2. The lowest BCUT2D eigenvalue weighted by Crippen LogP contribution is -2.49. The molecule has 31 heavy (non-hydrogen) atoms. The van der Waals surface area contributed by atoms with Gasteiger partial charge in [-0.2, -0.15) is 0 Å². The molecule has 0 aliphatic carbocycles. The molecule has 2 aromatic rings. The molecule has 0 bridgehead atoms. The fourth-order valence-corrected chi connectivity index (χ4v) is 3.84. The van der Waals surface area contributed by atoms with E-state index in [9.17, 15) is 4.79 Å². The topological polar surface area (TPSA) is 74.6 Å². The average molecular weight is 538 g/mol. The van der Waals surface area contributed by atoms with E-state index in [0.717, 1.165) is 44.0 Å². The first-order valence-electron chi connectivity index (χ1n) is 11.0. The van der Waals surface area contributed by atoms with Gasteiger partial charge in [0, 0.05) is 44.1 Å². The van der Waals surface area contributed by atoms with Crippen molar-refractivity contribution in [3.63, 3.8) is 0 Å². The lowest BCUT2D eigenvalue weighted by molar-refractivity contribution is 0.0953. The summed E-state index contributed by atoms with van der Waals surface area (Å²) in [5.74, 6) is 1.50. The SMILES string of the molecule is CCCNC(=O)c1cccc(CN=C(NCC)N2CCC(C)C(n3ccnc3)C2)c1.I. The molecule has 1 aromatic heterocycles. The summed E-state index contributed by atoms with van der Waals surface area (Å²) < 4.78 is 2.21. The van der Waals surface area contributed by atoms with Gasteiger partial charge < -0.3 is 20.1 Å². The van der Waals surface area contributed by atoms with Crippen LogP contribution in [-0.4, -0.2) is 52.5 Å². The van der Waals surface area contributed by atoms with E-state index in [1.807, 2.05) is 49.9 Å². The second kappa shape index (κ2) is 12.7. The quantitative estimate of drug-likeness (QED) is 0.321. The predicted octanol–water partition coefficient (Wildman–Crippen LogP) is 3.69. The standard InChI is InChI=1S/C23H34N6O.HI/c1-4-10-26-22(30)20-8-6-7-19(14-20)15-27-23(25-5-2)28-12-9-18(3)21(16-28)29-13-11-24-17-29;/h6-8,11,13-14,17-18,21H,4-5,9-10,12,15-16H2,1-3H3,(H,25,27)(H,26,30);1H. The molecule has 2 heterocycles. The maximum atomic E-state index is 12.2. The Kier molecular flexibility index (Phi) is 10.3. The number of guanidine groups is 1. The highest BCUT2D eigenvalue weighted by Gasteiger charge is 2.28. The maximum Gasteiger partial charge on any atom is 0.251 e. The number of halogens is 1. The molecule has 1 fully saturated rings. The van der Waals surface area contributed by atoms with Crippen molar-refractivity contribution in [2.45, 2.75) is 46.2 Å². The zero-order valence-electron chi connectivity index (χ0n) is 18.8. The second-order valence-corrected chi connectivity index (χ2v) is 7.92. The fraction of sp³-hybridized carbons (Fsp3) is 0.522. The Balaban J connectivity index is 0.00000341. The molecule has 2 atom stereocenters. The fourth-order valence-electron chi connectivity index (χ4n) is 3.84. The average Bonchev–Trinajstić information content (AvgIpc) is 3.30. The molecule has 3 rings (SSSR count). The van der Waals surface area contributed by atoms with Crippen LogP contribution in [0.15, 0.2) is 48.0 Å². The Morgan fingerprint density at radius 3 is 2.84 bits per heavy atom. The van der Waals surface area contributed by atoms with Crippen LogP contribution in [0.3, 0.4) is 0 Å². The number of amides is 1. The van der Waals surface area contributed by atoms with Gasteiger partial charge in [-0.3, -0.25) is 4.79 Å². The molecule has 7 nitrogen and oxygen atoms in total. The maximum absolute atomic E-state index is 12.2. The van der Waals surface area contributed by atoms with Crippen LogP contribution in [0.1, 0.15) is 55.6 Å². The molecule has 170 valence electrons. The molecular formula is C23H35IN6O. The molecule has 2 N–H and O–H groups in total. The van der Waals surface area contributed by atoms with Gasteiger partial charge in [0.2, 0.25) is 0 Å². The van der Waals surface area contributed by atoms with Gasteiger partial charge >= 0.3 is 0 Å². The third kappa shape index (κ3) is 6.95. The minimum Gasteiger partial charge on any atom is -0.357 e. The third-order valence-corrected chi connectivity index (χ3v) is 5.60. The number of hydrogen-bond donors (Lipinski definition) is 2. The molecule has 0 spiro atoms. The highest BCUT2D eigenvalue weighted by molar-refractivity contribution is 14.0. The number of rotatable bonds is 7. The van der Waals surface area contributed by atoms with Gasteiger partial charge in [0.1, 0.15) is 0 Å². The number of carbonyl (C=O) groups excluding carboxylic acids is 1. The molecule has 1 aliphatic heterocycles. The van der Waals surface area contributed by atoms with Gasteiger partial charge in [-0.15, -0.1) is 24.0 Å². The summed E-state index contributed by atoms with van der Waals surface area (Å²) in [6.45, 7) is 10.4. The molecule has 0 saturated carbocycles. The van der Waals surface area contributed by atoms with Crippen LogP contribution < -0.4 is 10.6 Å². The largest absolute Gasteiger partial charge is 0.357 e. The van der Waals surface area contributed by atoms with E-state index in [4.69, 9.17) is 4.99 Å². The van der Waals surface area contributed by atoms with Crippen LogP contribution in [-0.2, 0) is 6.54 Å². The van der Waals surface area contributed by atoms with Crippen LogP contribution in [0.4, 0.5) is 0 Å². The number of aliphatic imine (C=N–C) groups is 1. The van der Waals surface area contributed by atoms with Crippen LogP contribution in [0.25, 0.3) is 0 Å². The van der Waals surface area contributed by atoms with E-state index in [1.54, 1.807) is 0 Å². The van der Waals surface area contributed by atoms with Gasteiger partial charge in [0.15, 0.2) is 5.96 Å². The highest BCUT2D eigenvalue weighted by Crippen LogP contribution is 2.27. The van der Waals surface area contributed by atoms with Crippen molar-refractivity contribution in [2.24, 2.45) is 10.9 Å². The number of benzene rings is 1. The summed E-state index contributed by atoms with van der Waals surface area (Å²) in [6, 6.07) is 8.12. The highest BCUT2D eigenvalue weighted by atomic mass is 127. The molecule has 1 aromatic carbocycles. The first kappa shape index (κ1) is 25.2. The van der Waals surface area contributed by atoms with Gasteiger partial charge in [-0.05, 0) is 43.4 Å². The van der Waals surface area contributed by atoms with Crippen molar-refractivity contribution in [3.05, 3.63) is 54.1 Å². The Hall–Kier alpha value is -2.10. The second-order valence-electron chi connectivity index (χ2n) is 7.92. The Morgan fingerprint density at radius 1 is 1.29 bits per heavy atom. The number of carbonyl (C=O) groups is 1. The summed E-state index contributed by atoms with van der Waals surface area (Å²) in [5.41, 5.74) is 1.72. The first-order valence-corrected chi connectivity index (χ1v) is 11.0. The van der Waals surface area contributed by atoms with E-state index >= 15 is 0 Å². The minimum absolute atomic E-state index is 0. The van der Waals surface area contributed by atoms with E-state index in [1.165, 1.54) is 0 Å². The smallest absolute Gasteiger partial charge is 0.251 e. The van der Waals surface area contributed by atoms with E-state index in [0.29, 0.717) is 30.6 Å². The Bertz CT molecular complexity index is 838. The van der Waals surface area contributed by atoms with Crippen LogP contribution in [0.2, 0.25) is 0 Å². The number of piperidine rings is 1. The van der Waals surface area contributed by atoms with Crippen molar-refractivity contribution in [2.75, 3.05) is 26.2 Å². The summed E-state index contributed by atoms with van der Waals surface area (Å²) in [5, 5.41) is 6.37. The van der Waals surface area contributed by atoms with Gasteiger partial charge in [-0.25, -0.2) is 9.98 Å². The number of imidazole rings is 1. The number of nitrogens with zero attached hydrogens (tertiary/aromatic N) is 4. The van der Waals surface area contributed by atoms with E-state index < -0.39 is 0 Å². The van der Waals surface area contributed by atoms with Crippen molar-refractivity contribution in [1.82, 2.24) is 25.1 Å².